The van der Waals surface area contributed by atoms with E-state index in [1.165, 1.54) is 0 Å². The molecule has 158 valence electrons. The Morgan fingerprint density at radius 3 is 2.65 bits per heavy atom. The summed E-state index contributed by atoms with van der Waals surface area (Å²) in [4.78, 5) is 16.2. The van der Waals surface area contributed by atoms with Crippen LogP contribution >= 0.6 is 0 Å². The standard InChI is InChI=1S/C21H21N7O3/c1-28-9-13-7-16(17(31-2)8-14(13)10-28)24-21-25-20(18(19(22)30)26-27-21)23-15-5-3-4-12(6-15)11-29/h3-10,29H,11H2,1-2H3,(H2,22,30)(H2,23,24,25,27). The molecule has 2 aromatic heterocycles. The summed E-state index contributed by atoms with van der Waals surface area (Å²) in [6.45, 7) is -0.116. The number of carbonyl (C=O) groups is 1. The zero-order chi connectivity index (χ0) is 22.0. The molecule has 0 unspecified atom stereocenters. The van der Waals surface area contributed by atoms with Crippen molar-refractivity contribution in [2.75, 3.05) is 17.7 Å². The lowest BCUT2D eigenvalue weighted by Gasteiger charge is -2.13. The highest BCUT2D eigenvalue weighted by molar-refractivity contribution is 5.96. The Bertz CT molecular complexity index is 1270. The van der Waals surface area contributed by atoms with Crippen LogP contribution in [0.25, 0.3) is 10.8 Å². The lowest BCUT2D eigenvalue weighted by atomic mass is 10.2. The molecule has 10 nitrogen and oxygen atoms in total. The van der Waals surface area contributed by atoms with Crippen molar-refractivity contribution in [1.82, 2.24) is 19.7 Å². The van der Waals surface area contributed by atoms with Crippen LogP contribution in [0.2, 0.25) is 0 Å². The van der Waals surface area contributed by atoms with Gasteiger partial charge in [-0.15, -0.1) is 10.2 Å². The Morgan fingerprint density at radius 1 is 1.16 bits per heavy atom. The molecule has 0 bridgehead atoms. The minimum Gasteiger partial charge on any atom is -0.495 e. The van der Waals surface area contributed by atoms with Crippen molar-refractivity contribution in [3.8, 4) is 5.75 Å². The van der Waals surface area contributed by atoms with Gasteiger partial charge in [-0.25, -0.2) is 0 Å². The fourth-order valence-corrected chi connectivity index (χ4v) is 3.22. The fourth-order valence-electron chi connectivity index (χ4n) is 3.22. The Hall–Kier alpha value is -4.18. The van der Waals surface area contributed by atoms with Crippen molar-refractivity contribution >= 4 is 39.8 Å². The second kappa shape index (κ2) is 8.28. The first-order chi connectivity index (χ1) is 15.0. The number of rotatable bonds is 7. The van der Waals surface area contributed by atoms with Crippen LogP contribution in [0.15, 0.2) is 48.8 Å². The minimum atomic E-state index is -0.768. The van der Waals surface area contributed by atoms with Gasteiger partial charge in [-0.3, -0.25) is 4.79 Å². The van der Waals surface area contributed by atoms with Crippen molar-refractivity contribution in [2.45, 2.75) is 6.61 Å². The number of aliphatic hydroxyl groups excluding tert-OH is 1. The summed E-state index contributed by atoms with van der Waals surface area (Å²) in [7, 11) is 3.52. The molecule has 4 rings (SSSR count). The molecule has 0 fully saturated rings. The number of hydrogen-bond acceptors (Lipinski definition) is 8. The summed E-state index contributed by atoms with van der Waals surface area (Å²) in [5, 5.41) is 25.4. The SMILES string of the molecule is COc1cc2cn(C)cc2cc1Nc1nnc(C(N)=O)c(Nc2cccc(CO)c2)n1. The molecule has 0 aliphatic carbocycles. The van der Waals surface area contributed by atoms with Crippen LogP contribution in [-0.4, -0.2) is 37.9 Å². The van der Waals surface area contributed by atoms with E-state index in [2.05, 4.69) is 25.8 Å². The monoisotopic (exact) mass is 419 g/mol. The molecule has 0 saturated heterocycles. The number of nitrogens with zero attached hydrogens (tertiary/aromatic N) is 4. The van der Waals surface area contributed by atoms with Gasteiger partial charge < -0.3 is 30.8 Å². The summed E-state index contributed by atoms with van der Waals surface area (Å²) >= 11 is 0. The minimum absolute atomic E-state index is 0.106. The van der Waals surface area contributed by atoms with Gasteiger partial charge in [0.1, 0.15) is 5.75 Å². The van der Waals surface area contributed by atoms with Gasteiger partial charge in [0, 0.05) is 35.9 Å². The number of carbonyl (C=O) groups excluding carboxylic acids is 1. The van der Waals surface area contributed by atoms with Gasteiger partial charge in [0.25, 0.3) is 5.91 Å². The Balaban J connectivity index is 1.70. The molecular formula is C21H21N7O3. The van der Waals surface area contributed by atoms with Crippen LogP contribution < -0.4 is 21.1 Å². The third kappa shape index (κ3) is 4.23. The Labute approximate surface area is 177 Å². The van der Waals surface area contributed by atoms with Crippen LogP contribution in [0.4, 0.5) is 23.1 Å². The van der Waals surface area contributed by atoms with Crippen LogP contribution in [-0.2, 0) is 13.7 Å². The largest absolute Gasteiger partial charge is 0.495 e. The maximum Gasteiger partial charge on any atom is 0.273 e. The Kier molecular flexibility index (Phi) is 5.37. The van der Waals surface area contributed by atoms with Crippen molar-refractivity contribution < 1.29 is 14.6 Å². The molecule has 0 aliphatic heterocycles. The number of nitrogens with two attached hydrogens (primary N) is 1. The molecular weight excluding hydrogens is 398 g/mol. The van der Waals surface area contributed by atoms with Crippen molar-refractivity contribution in [1.29, 1.82) is 0 Å². The van der Waals surface area contributed by atoms with Gasteiger partial charge in [0.2, 0.25) is 5.95 Å². The molecule has 0 aliphatic rings. The number of hydrogen-bond donors (Lipinski definition) is 4. The van der Waals surface area contributed by atoms with E-state index in [1.54, 1.807) is 31.4 Å². The van der Waals surface area contributed by atoms with E-state index >= 15 is 0 Å². The van der Waals surface area contributed by atoms with E-state index < -0.39 is 5.91 Å². The summed E-state index contributed by atoms with van der Waals surface area (Å²) < 4.78 is 7.44. The lowest BCUT2D eigenvalue weighted by Crippen LogP contribution is -2.18. The summed E-state index contributed by atoms with van der Waals surface area (Å²) in [5.41, 5.74) is 7.28. The van der Waals surface area contributed by atoms with Crippen molar-refractivity contribution in [3.05, 3.63) is 60.0 Å². The normalized spacial score (nSPS) is 10.8. The zero-order valence-corrected chi connectivity index (χ0v) is 17.0. The first kappa shape index (κ1) is 20.1. The maximum absolute atomic E-state index is 11.8. The number of ether oxygens (including phenoxy) is 1. The highest BCUT2D eigenvalue weighted by atomic mass is 16.5. The van der Waals surface area contributed by atoms with E-state index in [0.717, 1.165) is 10.8 Å². The number of aliphatic hydroxyl groups is 1. The number of aromatic nitrogens is 4. The molecule has 0 radical (unpaired) electrons. The van der Waals surface area contributed by atoms with Crippen LogP contribution in [0.3, 0.4) is 0 Å². The van der Waals surface area contributed by atoms with Crippen molar-refractivity contribution in [2.24, 2.45) is 12.8 Å². The highest BCUT2D eigenvalue weighted by Gasteiger charge is 2.16. The number of fused-ring (bicyclic) bond motifs is 1. The number of primary amides is 1. The van der Waals surface area contributed by atoms with Gasteiger partial charge in [-0.2, -0.15) is 4.98 Å². The number of benzene rings is 2. The first-order valence-electron chi connectivity index (χ1n) is 9.39. The number of methoxy groups -OCH3 is 1. The summed E-state index contributed by atoms with van der Waals surface area (Å²) in [6, 6.07) is 10.9. The molecule has 0 atom stereocenters. The fraction of sp³-hybridized carbons (Fsp3) is 0.143. The zero-order valence-electron chi connectivity index (χ0n) is 17.0. The van der Waals surface area contributed by atoms with Gasteiger partial charge in [0.15, 0.2) is 11.5 Å². The van der Waals surface area contributed by atoms with E-state index in [9.17, 15) is 9.90 Å². The summed E-state index contributed by atoms with van der Waals surface area (Å²) in [6.07, 6.45) is 3.97. The van der Waals surface area contributed by atoms with Gasteiger partial charge in [-0.05, 0) is 29.8 Å². The number of amides is 1. The van der Waals surface area contributed by atoms with E-state index in [0.29, 0.717) is 22.7 Å². The molecule has 1 amide bonds. The molecule has 0 spiro atoms. The van der Waals surface area contributed by atoms with E-state index in [-0.39, 0.29) is 24.1 Å². The second-order valence-electron chi connectivity index (χ2n) is 6.91. The number of anilines is 4. The van der Waals surface area contributed by atoms with Crippen LogP contribution in [0.1, 0.15) is 16.1 Å². The quantitative estimate of drug-likeness (QED) is 0.358. The molecule has 31 heavy (non-hydrogen) atoms. The number of aryl methyl sites for hydroxylation is 1. The predicted molar refractivity (Wildman–Crippen MR) is 117 cm³/mol. The van der Waals surface area contributed by atoms with Crippen LogP contribution in [0.5, 0.6) is 5.75 Å². The van der Waals surface area contributed by atoms with Gasteiger partial charge >= 0.3 is 0 Å². The smallest absolute Gasteiger partial charge is 0.273 e. The third-order valence-electron chi connectivity index (χ3n) is 4.63. The number of nitrogens with one attached hydrogen (secondary N) is 2. The van der Waals surface area contributed by atoms with E-state index in [1.807, 2.05) is 36.1 Å². The topological polar surface area (TPSA) is 140 Å². The molecule has 0 saturated carbocycles. The molecule has 5 N–H and O–H groups in total. The van der Waals surface area contributed by atoms with Gasteiger partial charge in [-0.1, -0.05) is 12.1 Å². The predicted octanol–water partition coefficient (Wildman–Crippen LogP) is 2.45. The lowest BCUT2D eigenvalue weighted by molar-refractivity contribution is 0.0995. The second-order valence-corrected chi connectivity index (χ2v) is 6.91. The molecule has 2 heterocycles. The maximum atomic E-state index is 11.8. The molecule has 2 aromatic carbocycles. The van der Waals surface area contributed by atoms with E-state index in [4.69, 9.17) is 10.5 Å². The highest BCUT2D eigenvalue weighted by Crippen LogP contribution is 2.32. The first-order valence-corrected chi connectivity index (χ1v) is 9.39. The van der Waals surface area contributed by atoms with Crippen molar-refractivity contribution in [3.63, 3.8) is 0 Å². The average Bonchev–Trinajstić information content (AvgIpc) is 3.12. The summed E-state index contributed by atoms with van der Waals surface area (Å²) in [5.74, 6) is 0.126. The van der Waals surface area contributed by atoms with Crippen LogP contribution in [0, 0.1) is 0 Å². The molecule has 4 aromatic rings. The average molecular weight is 419 g/mol. The van der Waals surface area contributed by atoms with Gasteiger partial charge in [0.05, 0.1) is 19.4 Å². The Morgan fingerprint density at radius 2 is 1.94 bits per heavy atom. The third-order valence-corrected chi connectivity index (χ3v) is 4.63. The molecule has 10 heteroatoms.